The summed E-state index contributed by atoms with van der Waals surface area (Å²) in [4.78, 5) is 30.8. The minimum Gasteiger partial charge on any atom is -0.383 e. The van der Waals surface area contributed by atoms with Crippen LogP contribution >= 0.6 is 11.3 Å². The van der Waals surface area contributed by atoms with Crippen LogP contribution < -0.4 is 5.32 Å². The molecule has 0 spiro atoms. The average Bonchev–Trinajstić information content (AvgIpc) is 3.40. The molecule has 2 aromatic rings. The fraction of sp³-hybridized carbons (Fsp3) is 0.565. The maximum absolute atomic E-state index is 13.2. The van der Waals surface area contributed by atoms with Gasteiger partial charge in [-0.05, 0) is 43.3 Å². The van der Waals surface area contributed by atoms with Gasteiger partial charge in [0, 0.05) is 50.5 Å². The summed E-state index contributed by atoms with van der Waals surface area (Å²) in [5, 5.41) is 15.0. The van der Waals surface area contributed by atoms with Crippen molar-refractivity contribution in [3.63, 3.8) is 0 Å². The first-order valence-corrected chi connectivity index (χ1v) is 11.7. The van der Waals surface area contributed by atoms with Crippen molar-refractivity contribution in [2.75, 3.05) is 53.5 Å². The van der Waals surface area contributed by atoms with E-state index in [0.717, 1.165) is 40.0 Å². The summed E-state index contributed by atoms with van der Waals surface area (Å²) < 4.78 is 6.13. The molecule has 2 aliphatic rings. The molecule has 0 unspecified atom stereocenters. The fourth-order valence-electron chi connectivity index (χ4n) is 4.66. The first-order valence-electron chi connectivity index (χ1n) is 10.9. The van der Waals surface area contributed by atoms with Crippen molar-refractivity contribution in [1.82, 2.24) is 15.1 Å². The number of rotatable bonds is 6. The van der Waals surface area contributed by atoms with Crippen LogP contribution in [-0.4, -0.2) is 85.8 Å². The van der Waals surface area contributed by atoms with Gasteiger partial charge in [0.25, 0.3) is 11.8 Å². The Bertz CT molecular complexity index is 951. The maximum atomic E-state index is 13.2. The third-order valence-corrected chi connectivity index (χ3v) is 7.71. The highest BCUT2D eigenvalue weighted by molar-refractivity contribution is 7.21. The van der Waals surface area contributed by atoms with Gasteiger partial charge in [-0.25, -0.2) is 0 Å². The number of methoxy groups -OCH3 is 1. The topological polar surface area (TPSA) is 82.1 Å². The largest absolute Gasteiger partial charge is 0.383 e. The van der Waals surface area contributed by atoms with E-state index in [-0.39, 0.29) is 17.7 Å². The predicted octanol–water partition coefficient (Wildman–Crippen LogP) is 2.05. The molecule has 7 nitrogen and oxygen atoms in total. The van der Waals surface area contributed by atoms with E-state index >= 15 is 0 Å². The van der Waals surface area contributed by atoms with Crippen molar-refractivity contribution < 1.29 is 19.4 Å². The lowest BCUT2D eigenvalue weighted by Crippen LogP contribution is -2.53. The molecule has 3 heterocycles. The molecule has 31 heavy (non-hydrogen) atoms. The van der Waals surface area contributed by atoms with Crippen molar-refractivity contribution >= 4 is 33.2 Å². The van der Waals surface area contributed by atoms with E-state index in [1.54, 1.807) is 12.0 Å². The Balaban J connectivity index is 1.56. The van der Waals surface area contributed by atoms with Crippen LogP contribution in [0.5, 0.6) is 0 Å². The summed E-state index contributed by atoms with van der Waals surface area (Å²) in [7, 11) is 3.62. The molecule has 2 amide bonds. The van der Waals surface area contributed by atoms with Crippen molar-refractivity contribution in [2.24, 2.45) is 0 Å². The summed E-state index contributed by atoms with van der Waals surface area (Å²) in [6.45, 7) is 3.51. The van der Waals surface area contributed by atoms with Crippen LogP contribution in [0.1, 0.15) is 40.4 Å². The Morgan fingerprint density at radius 1 is 1.26 bits per heavy atom. The van der Waals surface area contributed by atoms with Crippen LogP contribution in [0, 0.1) is 0 Å². The van der Waals surface area contributed by atoms with Gasteiger partial charge in [0.2, 0.25) is 0 Å². The van der Waals surface area contributed by atoms with Crippen LogP contribution in [-0.2, 0) is 9.53 Å². The van der Waals surface area contributed by atoms with Crippen LogP contribution in [0.2, 0.25) is 0 Å². The van der Waals surface area contributed by atoms with Crippen LogP contribution in [0.15, 0.2) is 24.3 Å². The van der Waals surface area contributed by atoms with E-state index in [0.29, 0.717) is 39.1 Å². The van der Waals surface area contributed by atoms with Crippen molar-refractivity contribution in [3.8, 4) is 0 Å². The van der Waals surface area contributed by atoms with E-state index in [4.69, 9.17) is 4.74 Å². The lowest BCUT2D eigenvalue weighted by atomic mass is 9.90. The van der Waals surface area contributed by atoms with E-state index in [2.05, 4.69) is 16.3 Å². The Kier molecular flexibility index (Phi) is 6.62. The van der Waals surface area contributed by atoms with Crippen molar-refractivity contribution in [2.45, 2.75) is 30.8 Å². The highest BCUT2D eigenvalue weighted by Crippen LogP contribution is 2.41. The Labute approximate surface area is 187 Å². The van der Waals surface area contributed by atoms with Gasteiger partial charge in [-0.15, -0.1) is 11.3 Å². The molecule has 8 heteroatoms. The minimum absolute atomic E-state index is 0.0816. The number of amides is 2. The Morgan fingerprint density at radius 2 is 2.00 bits per heavy atom. The molecule has 2 fully saturated rings. The zero-order valence-corrected chi connectivity index (χ0v) is 19.0. The highest BCUT2D eigenvalue weighted by Gasteiger charge is 2.43. The summed E-state index contributed by atoms with van der Waals surface area (Å²) in [6.07, 6.45) is 1.73. The molecule has 168 valence electrons. The van der Waals surface area contributed by atoms with E-state index < -0.39 is 5.60 Å². The quantitative estimate of drug-likeness (QED) is 0.665. The number of carbonyl (C=O) groups excluding carboxylic acids is 2. The molecule has 1 atom stereocenters. The molecule has 1 aromatic heterocycles. The van der Waals surface area contributed by atoms with Gasteiger partial charge in [-0.1, -0.05) is 18.2 Å². The number of hydrogen-bond acceptors (Lipinski definition) is 6. The molecule has 2 saturated heterocycles. The fourth-order valence-corrected chi connectivity index (χ4v) is 5.87. The zero-order chi connectivity index (χ0) is 22.0. The number of likely N-dealkylation sites (tertiary alicyclic amines) is 2. The number of thiophene rings is 1. The number of benzene rings is 1. The molecule has 0 aliphatic carbocycles. The first kappa shape index (κ1) is 22.2. The molecule has 0 radical (unpaired) electrons. The molecule has 0 saturated carbocycles. The van der Waals surface area contributed by atoms with E-state index in [9.17, 15) is 14.7 Å². The minimum atomic E-state index is -1.27. The van der Waals surface area contributed by atoms with Gasteiger partial charge in [0.15, 0.2) is 0 Å². The van der Waals surface area contributed by atoms with Crippen LogP contribution in [0.3, 0.4) is 0 Å². The van der Waals surface area contributed by atoms with Crippen LogP contribution in [0.25, 0.3) is 10.1 Å². The van der Waals surface area contributed by atoms with Gasteiger partial charge in [-0.2, -0.15) is 0 Å². The summed E-state index contributed by atoms with van der Waals surface area (Å²) >= 11 is 1.50. The number of nitrogens with one attached hydrogen (secondary N) is 1. The second kappa shape index (κ2) is 9.24. The van der Waals surface area contributed by atoms with Gasteiger partial charge in [-0.3, -0.25) is 9.59 Å². The van der Waals surface area contributed by atoms with E-state index in [1.807, 2.05) is 25.2 Å². The molecule has 2 N–H and O–H groups in total. The van der Waals surface area contributed by atoms with Gasteiger partial charge < -0.3 is 25.0 Å². The number of piperidine rings is 1. The SMILES string of the molecule is COCCNC(=O)c1sc2ccccc2c1[C@H]1CCN(C(=O)C2(O)CCN(C)CC2)C1. The highest BCUT2D eigenvalue weighted by atomic mass is 32.1. The maximum Gasteiger partial charge on any atom is 0.261 e. The number of hydrogen-bond donors (Lipinski definition) is 2. The summed E-state index contributed by atoms with van der Waals surface area (Å²) in [6, 6.07) is 8.07. The third kappa shape index (κ3) is 4.48. The molecular weight excluding hydrogens is 414 g/mol. The van der Waals surface area contributed by atoms with E-state index in [1.165, 1.54) is 11.3 Å². The lowest BCUT2D eigenvalue weighted by Gasteiger charge is -2.37. The van der Waals surface area contributed by atoms with Crippen LogP contribution in [0.4, 0.5) is 0 Å². The van der Waals surface area contributed by atoms with Gasteiger partial charge in [0.05, 0.1) is 11.5 Å². The summed E-state index contributed by atoms with van der Waals surface area (Å²) in [5.74, 6) is -0.168. The number of aliphatic hydroxyl groups is 1. The number of ether oxygens (including phenoxy) is 1. The first-order chi connectivity index (χ1) is 14.9. The normalized spacial score (nSPS) is 21.5. The Hall–Kier alpha value is -2.00. The second-order valence-electron chi connectivity index (χ2n) is 8.66. The monoisotopic (exact) mass is 445 g/mol. The predicted molar refractivity (Wildman–Crippen MR) is 122 cm³/mol. The molecule has 1 aromatic carbocycles. The Morgan fingerprint density at radius 3 is 2.74 bits per heavy atom. The van der Waals surface area contributed by atoms with Gasteiger partial charge in [0.1, 0.15) is 5.60 Å². The molecule has 4 rings (SSSR count). The summed E-state index contributed by atoms with van der Waals surface area (Å²) in [5.41, 5.74) is -0.237. The molecular formula is C23H31N3O4S. The third-order valence-electron chi connectivity index (χ3n) is 6.53. The lowest BCUT2D eigenvalue weighted by molar-refractivity contribution is -0.154. The van der Waals surface area contributed by atoms with Gasteiger partial charge >= 0.3 is 0 Å². The molecule has 0 bridgehead atoms. The second-order valence-corrected chi connectivity index (χ2v) is 9.71. The standard InChI is InChI=1S/C23H31N3O4S/c1-25-12-8-23(29,9-13-25)22(28)26-11-7-16(15-26)19-17-5-3-4-6-18(17)31-20(19)21(27)24-10-14-30-2/h3-6,16,29H,7-15H2,1-2H3,(H,24,27)/t16-/m0/s1. The van der Waals surface area contributed by atoms with Crippen molar-refractivity contribution in [3.05, 3.63) is 34.7 Å². The average molecular weight is 446 g/mol. The van der Waals surface area contributed by atoms with Crippen molar-refractivity contribution in [1.29, 1.82) is 0 Å². The molecule has 2 aliphatic heterocycles. The number of nitrogens with zero attached hydrogens (tertiary/aromatic N) is 2. The number of carbonyl (C=O) groups is 2. The number of fused-ring (bicyclic) bond motifs is 1. The smallest absolute Gasteiger partial charge is 0.261 e. The zero-order valence-electron chi connectivity index (χ0n) is 18.2.